The van der Waals surface area contributed by atoms with Crippen LogP contribution in [0, 0.1) is 13.8 Å². The largest absolute Gasteiger partial charge is 0.484 e. The molecular formula is C19H19ClN2O3. The minimum Gasteiger partial charge on any atom is -0.484 e. The van der Waals surface area contributed by atoms with E-state index in [0.717, 1.165) is 16.7 Å². The standard InChI is InChI=1S/C19H19ClN2O3/c1-13-10-16(11-14(2)19(13)20)25-12-18(24)22-21-17(23)9-8-15-6-4-3-5-7-15/h3-11H,12H2,1-2H3,(H,21,23)(H,22,24)/b9-8-. The smallest absolute Gasteiger partial charge is 0.276 e. The predicted molar refractivity (Wildman–Crippen MR) is 98.2 cm³/mol. The topological polar surface area (TPSA) is 67.4 Å². The first kappa shape index (κ1) is 18.5. The SMILES string of the molecule is Cc1cc(OCC(=O)NNC(=O)/C=C\c2ccccc2)cc(C)c1Cl. The predicted octanol–water partition coefficient (Wildman–Crippen LogP) is 3.20. The van der Waals surface area contributed by atoms with E-state index in [1.54, 1.807) is 18.2 Å². The highest BCUT2D eigenvalue weighted by Crippen LogP contribution is 2.25. The fourth-order valence-electron chi connectivity index (χ4n) is 2.08. The van der Waals surface area contributed by atoms with Gasteiger partial charge in [0, 0.05) is 11.1 Å². The minimum atomic E-state index is -0.466. The van der Waals surface area contributed by atoms with Gasteiger partial charge in [-0.25, -0.2) is 0 Å². The Morgan fingerprint density at radius 1 is 1.08 bits per heavy atom. The fraction of sp³-hybridized carbons (Fsp3) is 0.158. The molecule has 2 aromatic carbocycles. The summed E-state index contributed by atoms with van der Waals surface area (Å²) in [4.78, 5) is 23.4. The van der Waals surface area contributed by atoms with Gasteiger partial charge in [-0.2, -0.15) is 0 Å². The van der Waals surface area contributed by atoms with Crippen molar-refractivity contribution in [3.05, 3.63) is 70.3 Å². The van der Waals surface area contributed by atoms with E-state index in [2.05, 4.69) is 10.9 Å². The molecule has 0 fully saturated rings. The number of aryl methyl sites for hydroxylation is 2. The Morgan fingerprint density at radius 2 is 1.72 bits per heavy atom. The Kier molecular flexibility index (Phi) is 6.60. The Labute approximate surface area is 151 Å². The molecule has 0 aromatic heterocycles. The van der Waals surface area contributed by atoms with Crippen LogP contribution in [0.1, 0.15) is 16.7 Å². The number of halogens is 1. The molecule has 0 aliphatic rings. The molecule has 0 atom stereocenters. The molecule has 0 bridgehead atoms. The quantitative estimate of drug-likeness (QED) is 0.637. The summed E-state index contributed by atoms with van der Waals surface area (Å²) in [5.41, 5.74) is 7.22. The third-order valence-electron chi connectivity index (χ3n) is 3.33. The summed E-state index contributed by atoms with van der Waals surface area (Å²) in [6.07, 6.45) is 2.99. The van der Waals surface area contributed by atoms with Crippen LogP contribution >= 0.6 is 11.6 Å². The first-order valence-electron chi connectivity index (χ1n) is 7.67. The highest BCUT2D eigenvalue weighted by molar-refractivity contribution is 6.32. The van der Waals surface area contributed by atoms with Gasteiger partial charge < -0.3 is 4.74 Å². The van der Waals surface area contributed by atoms with Crippen molar-refractivity contribution in [3.8, 4) is 5.75 Å². The molecule has 6 heteroatoms. The van der Waals surface area contributed by atoms with Gasteiger partial charge in [0.1, 0.15) is 5.75 Å². The van der Waals surface area contributed by atoms with Gasteiger partial charge in [-0.3, -0.25) is 20.4 Å². The summed E-state index contributed by atoms with van der Waals surface area (Å²) in [7, 11) is 0. The van der Waals surface area contributed by atoms with E-state index in [4.69, 9.17) is 16.3 Å². The molecule has 0 aliphatic heterocycles. The first-order chi connectivity index (χ1) is 12.0. The normalized spacial score (nSPS) is 10.5. The summed E-state index contributed by atoms with van der Waals surface area (Å²) in [5.74, 6) is -0.355. The monoisotopic (exact) mass is 358 g/mol. The van der Waals surface area contributed by atoms with Gasteiger partial charge in [-0.1, -0.05) is 41.9 Å². The Hall–Kier alpha value is -2.79. The summed E-state index contributed by atoms with van der Waals surface area (Å²) in [6, 6.07) is 12.9. The number of carbonyl (C=O) groups excluding carboxylic acids is 2. The molecule has 0 spiro atoms. The third kappa shape index (κ3) is 5.97. The van der Waals surface area contributed by atoms with Gasteiger partial charge in [0.05, 0.1) is 0 Å². The second-order valence-electron chi connectivity index (χ2n) is 5.44. The Morgan fingerprint density at radius 3 is 2.36 bits per heavy atom. The van der Waals surface area contributed by atoms with E-state index in [-0.39, 0.29) is 6.61 Å². The van der Waals surface area contributed by atoms with Crippen LogP contribution in [0.4, 0.5) is 0 Å². The van der Waals surface area contributed by atoms with Crippen LogP contribution in [0.25, 0.3) is 6.08 Å². The van der Waals surface area contributed by atoms with Crippen molar-refractivity contribution >= 4 is 29.5 Å². The number of hydrogen-bond donors (Lipinski definition) is 2. The molecule has 0 radical (unpaired) electrons. The lowest BCUT2D eigenvalue weighted by atomic mass is 10.1. The lowest BCUT2D eigenvalue weighted by Crippen LogP contribution is -2.43. The maximum atomic E-state index is 11.7. The molecule has 0 saturated heterocycles. The molecule has 0 heterocycles. The molecule has 0 unspecified atom stereocenters. The van der Waals surface area contributed by atoms with Gasteiger partial charge in [0.15, 0.2) is 6.61 Å². The molecule has 2 rings (SSSR count). The van der Waals surface area contributed by atoms with Crippen molar-refractivity contribution in [1.29, 1.82) is 0 Å². The number of hydrogen-bond acceptors (Lipinski definition) is 3. The van der Waals surface area contributed by atoms with E-state index in [1.807, 2.05) is 44.2 Å². The number of carbonyl (C=O) groups is 2. The summed E-state index contributed by atoms with van der Waals surface area (Å²) < 4.78 is 5.41. The van der Waals surface area contributed by atoms with E-state index in [0.29, 0.717) is 10.8 Å². The van der Waals surface area contributed by atoms with E-state index >= 15 is 0 Å². The van der Waals surface area contributed by atoms with Crippen molar-refractivity contribution in [2.75, 3.05) is 6.61 Å². The third-order valence-corrected chi connectivity index (χ3v) is 3.93. The Balaban J connectivity index is 1.77. The van der Waals surface area contributed by atoms with Crippen LogP contribution < -0.4 is 15.6 Å². The number of nitrogens with one attached hydrogen (secondary N) is 2. The maximum absolute atomic E-state index is 11.7. The number of ether oxygens (including phenoxy) is 1. The number of rotatable bonds is 5. The zero-order valence-electron chi connectivity index (χ0n) is 14.0. The van der Waals surface area contributed by atoms with Crippen LogP contribution in [-0.2, 0) is 9.59 Å². The van der Waals surface area contributed by atoms with E-state index < -0.39 is 11.8 Å². The summed E-state index contributed by atoms with van der Waals surface area (Å²) in [6.45, 7) is 3.51. The number of benzene rings is 2. The van der Waals surface area contributed by atoms with Crippen molar-refractivity contribution in [2.45, 2.75) is 13.8 Å². The highest BCUT2D eigenvalue weighted by Gasteiger charge is 2.07. The van der Waals surface area contributed by atoms with Crippen LogP contribution in [0.15, 0.2) is 48.5 Å². The van der Waals surface area contributed by atoms with Gasteiger partial charge in [-0.15, -0.1) is 0 Å². The van der Waals surface area contributed by atoms with Gasteiger partial charge in [0.2, 0.25) is 0 Å². The molecule has 2 amide bonds. The first-order valence-corrected chi connectivity index (χ1v) is 8.05. The van der Waals surface area contributed by atoms with Crippen LogP contribution in [0.3, 0.4) is 0 Å². The van der Waals surface area contributed by atoms with Crippen LogP contribution in [0.5, 0.6) is 5.75 Å². The minimum absolute atomic E-state index is 0.219. The average molecular weight is 359 g/mol. The van der Waals surface area contributed by atoms with Crippen molar-refractivity contribution in [1.82, 2.24) is 10.9 Å². The molecule has 2 N–H and O–H groups in total. The van der Waals surface area contributed by atoms with Gasteiger partial charge in [0.25, 0.3) is 11.8 Å². The van der Waals surface area contributed by atoms with Crippen LogP contribution in [-0.4, -0.2) is 18.4 Å². The zero-order valence-corrected chi connectivity index (χ0v) is 14.8. The van der Waals surface area contributed by atoms with Gasteiger partial charge >= 0.3 is 0 Å². The molecule has 2 aromatic rings. The zero-order chi connectivity index (χ0) is 18.2. The number of hydrazine groups is 1. The Bertz CT molecular complexity index is 766. The molecule has 130 valence electrons. The van der Waals surface area contributed by atoms with Gasteiger partial charge in [-0.05, 0) is 48.7 Å². The summed E-state index contributed by atoms with van der Waals surface area (Å²) in [5, 5.41) is 0.675. The maximum Gasteiger partial charge on any atom is 0.276 e. The summed E-state index contributed by atoms with van der Waals surface area (Å²) >= 11 is 6.08. The van der Waals surface area contributed by atoms with Crippen molar-refractivity contribution in [3.63, 3.8) is 0 Å². The second kappa shape index (κ2) is 8.89. The number of amides is 2. The lowest BCUT2D eigenvalue weighted by Gasteiger charge is -2.10. The second-order valence-corrected chi connectivity index (χ2v) is 5.82. The van der Waals surface area contributed by atoms with Crippen molar-refractivity contribution < 1.29 is 14.3 Å². The molecule has 0 aliphatic carbocycles. The lowest BCUT2D eigenvalue weighted by molar-refractivity contribution is -0.128. The fourth-order valence-corrected chi connectivity index (χ4v) is 2.19. The average Bonchev–Trinajstić information content (AvgIpc) is 2.61. The van der Waals surface area contributed by atoms with Crippen molar-refractivity contribution in [2.24, 2.45) is 0 Å². The van der Waals surface area contributed by atoms with E-state index in [1.165, 1.54) is 6.08 Å². The molecule has 0 saturated carbocycles. The van der Waals surface area contributed by atoms with Crippen LogP contribution in [0.2, 0.25) is 5.02 Å². The highest BCUT2D eigenvalue weighted by atomic mass is 35.5. The molecular weight excluding hydrogens is 340 g/mol. The molecule has 25 heavy (non-hydrogen) atoms. The molecule has 5 nitrogen and oxygen atoms in total. The van der Waals surface area contributed by atoms with E-state index in [9.17, 15) is 9.59 Å².